The Morgan fingerprint density at radius 2 is 2.05 bits per heavy atom. The molecule has 6 nitrogen and oxygen atoms in total. The van der Waals surface area contributed by atoms with E-state index in [1.165, 1.54) is 4.31 Å². The maximum atomic E-state index is 12.4. The molecule has 0 radical (unpaired) electrons. The zero-order valence-corrected chi connectivity index (χ0v) is 13.4. The maximum Gasteiger partial charge on any atom is 0.218 e. The molecule has 1 heterocycles. The first-order valence-corrected chi connectivity index (χ1v) is 9.95. The second kappa shape index (κ2) is 6.51. The number of nitrogens with one attached hydrogen (secondary N) is 1. The van der Waals surface area contributed by atoms with Gasteiger partial charge in [0.1, 0.15) is 0 Å². The van der Waals surface area contributed by atoms with Crippen molar-refractivity contribution in [3.63, 3.8) is 0 Å². The molecule has 1 saturated heterocycles. The Balaban J connectivity index is 2.72. The second-order valence-electron chi connectivity index (χ2n) is 5.13. The SMILES string of the molecule is CCCNCC(C)S(=O)(=O)N1CCS(=O)(=O)CC1C. The summed E-state index contributed by atoms with van der Waals surface area (Å²) in [6, 6.07) is -0.475. The molecule has 19 heavy (non-hydrogen) atoms. The summed E-state index contributed by atoms with van der Waals surface area (Å²) in [6.45, 7) is 6.58. The van der Waals surface area contributed by atoms with E-state index in [1.54, 1.807) is 13.8 Å². The molecule has 1 rings (SSSR count). The van der Waals surface area contributed by atoms with Crippen LogP contribution in [0, 0.1) is 0 Å². The van der Waals surface area contributed by atoms with Gasteiger partial charge >= 0.3 is 0 Å². The van der Waals surface area contributed by atoms with E-state index in [0.717, 1.165) is 13.0 Å². The first kappa shape index (κ1) is 16.9. The fourth-order valence-electron chi connectivity index (χ4n) is 2.18. The number of rotatable bonds is 6. The lowest BCUT2D eigenvalue weighted by molar-refractivity contribution is 0.351. The smallest absolute Gasteiger partial charge is 0.218 e. The molecule has 2 atom stereocenters. The molecule has 2 unspecified atom stereocenters. The van der Waals surface area contributed by atoms with Gasteiger partial charge in [-0.25, -0.2) is 16.8 Å². The third-order valence-electron chi connectivity index (χ3n) is 3.30. The maximum absolute atomic E-state index is 12.4. The molecular formula is C11H24N2O4S2. The molecule has 0 aliphatic carbocycles. The van der Waals surface area contributed by atoms with Gasteiger partial charge < -0.3 is 5.32 Å². The first-order valence-electron chi connectivity index (χ1n) is 6.62. The van der Waals surface area contributed by atoms with Gasteiger partial charge in [0.25, 0.3) is 0 Å². The summed E-state index contributed by atoms with van der Waals surface area (Å²) < 4.78 is 49.1. The van der Waals surface area contributed by atoms with Crippen LogP contribution in [0.3, 0.4) is 0 Å². The molecule has 0 aromatic rings. The van der Waals surface area contributed by atoms with Gasteiger partial charge in [0.15, 0.2) is 9.84 Å². The average Bonchev–Trinajstić information content (AvgIpc) is 2.27. The van der Waals surface area contributed by atoms with E-state index in [0.29, 0.717) is 6.54 Å². The lowest BCUT2D eigenvalue weighted by Gasteiger charge is -2.34. The first-order chi connectivity index (χ1) is 8.70. The highest BCUT2D eigenvalue weighted by molar-refractivity contribution is 7.92. The molecule has 8 heteroatoms. The Hall–Kier alpha value is -0.180. The molecule has 114 valence electrons. The monoisotopic (exact) mass is 312 g/mol. The van der Waals surface area contributed by atoms with E-state index in [4.69, 9.17) is 0 Å². The fraction of sp³-hybridized carbons (Fsp3) is 1.00. The summed E-state index contributed by atoms with van der Waals surface area (Å²) in [5.74, 6) is -0.160. The summed E-state index contributed by atoms with van der Waals surface area (Å²) in [7, 11) is -6.53. The molecule has 0 aromatic carbocycles. The average molecular weight is 312 g/mol. The van der Waals surface area contributed by atoms with Gasteiger partial charge in [-0.3, -0.25) is 0 Å². The Morgan fingerprint density at radius 1 is 1.42 bits per heavy atom. The Bertz CT molecular complexity index is 487. The normalized spacial score (nSPS) is 26.2. The number of hydrogen-bond donors (Lipinski definition) is 1. The molecule has 1 fully saturated rings. The Labute approximate surface area is 116 Å². The minimum Gasteiger partial charge on any atom is -0.315 e. The van der Waals surface area contributed by atoms with E-state index < -0.39 is 31.2 Å². The Kier molecular flexibility index (Phi) is 5.78. The van der Waals surface area contributed by atoms with Gasteiger partial charge in [-0.05, 0) is 26.8 Å². The van der Waals surface area contributed by atoms with Crippen LogP contribution in [-0.4, -0.2) is 63.6 Å². The highest BCUT2D eigenvalue weighted by Crippen LogP contribution is 2.18. The molecule has 0 amide bonds. The van der Waals surface area contributed by atoms with E-state index in [2.05, 4.69) is 5.32 Å². The van der Waals surface area contributed by atoms with Gasteiger partial charge in [-0.2, -0.15) is 4.31 Å². The van der Waals surface area contributed by atoms with Crippen LogP contribution in [0.2, 0.25) is 0 Å². The quantitative estimate of drug-likeness (QED) is 0.688. The predicted octanol–water partition coefficient (Wildman–Crippen LogP) is -0.177. The van der Waals surface area contributed by atoms with Crippen molar-refractivity contribution in [2.45, 2.75) is 38.5 Å². The molecule has 0 bridgehead atoms. The third-order valence-corrected chi connectivity index (χ3v) is 7.48. The van der Waals surface area contributed by atoms with Crippen LogP contribution in [0.4, 0.5) is 0 Å². The predicted molar refractivity (Wildman–Crippen MR) is 76.4 cm³/mol. The van der Waals surface area contributed by atoms with Crippen molar-refractivity contribution in [1.82, 2.24) is 9.62 Å². The van der Waals surface area contributed by atoms with Gasteiger partial charge in [0.2, 0.25) is 10.0 Å². The van der Waals surface area contributed by atoms with Crippen molar-refractivity contribution >= 4 is 19.9 Å². The van der Waals surface area contributed by atoms with Crippen molar-refractivity contribution in [3.8, 4) is 0 Å². The highest BCUT2D eigenvalue weighted by Gasteiger charge is 2.38. The standard InChI is InChI=1S/C11H24N2O4S2/c1-4-5-12-8-11(3)19(16,17)13-6-7-18(14,15)9-10(13)2/h10-12H,4-9H2,1-3H3. The van der Waals surface area contributed by atoms with E-state index in [9.17, 15) is 16.8 Å². The lowest BCUT2D eigenvalue weighted by atomic mass is 10.4. The second-order valence-corrected chi connectivity index (χ2v) is 9.67. The molecule has 0 aromatic heterocycles. The van der Waals surface area contributed by atoms with Crippen LogP contribution >= 0.6 is 0 Å². The van der Waals surface area contributed by atoms with Gasteiger partial charge in [0, 0.05) is 19.1 Å². The number of nitrogens with zero attached hydrogens (tertiary/aromatic N) is 1. The molecule has 0 spiro atoms. The number of sulfone groups is 1. The largest absolute Gasteiger partial charge is 0.315 e. The molecular weight excluding hydrogens is 288 g/mol. The van der Waals surface area contributed by atoms with Gasteiger partial charge in [-0.15, -0.1) is 0 Å². The fourth-order valence-corrected chi connectivity index (χ4v) is 5.66. The van der Waals surface area contributed by atoms with Crippen LogP contribution in [0.1, 0.15) is 27.2 Å². The Morgan fingerprint density at radius 3 is 2.58 bits per heavy atom. The van der Waals surface area contributed by atoms with E-state index >= 15 is 0 Å². The van der Waals surface area contributed by atoms with Gasteiger partial charge in [-0.1, -0.05) is 6.92 Å². The van der Waals surface area contributed by atoms with E-state index in [-0.39, 0.29) is 18.1 Å². The van der Waals surface area contributed by atoms with E-state index in [1.807, 2.05) is 6.92 Å². The minimum atomic E-state index is -3.44. The van der Waals surface area contributed by atoms with Crippen LogP contribution < -0.4 is 5.32 Å². The minimum absolute atomic E-state index is 0.0734. The summed E-state index contributed by atoms with van der Waals surface area (Å²) in [4.78, 5) is 0. The molecule has 0 saturated carbocycles. The van der Waals surface area contributed by atoms with Crippen molar-refractivity contribution < 1.29 is 16.8 Å². The molecule has 1 aliphatic heterocycles. The summed E-state index contributed by atoms with van der Waals surface area (Å²) in [6.07, 6.45) is 0.950. The van der Waals surface area contributed by atoms with Crippen LogP contribution in [-0.2, 0) is 19.9 Å². The van der Waals surface area contributed by atoms with Crippen LogP contribution in [0.15, 0.2) is 0 Å². The van der Waals surface area contributed by atoms with Crippen molar-refractivity contribution in [3.05, 3.63) is 0 Å². The summed E-state index contributed by atoms with van der Waals surface area (Å²) >= 11 is 0. The van der Waals surface area contributed by atoms with Crippen molar-refractivity contribution in [1.29, 1.82) is 0 Å². The van der Waals surface area contributed by atoms with Crippen molar-refractivity contribution in [2.24, 2.45) is 0 Å². The zero-order chi connectivity index (χ0) is 14.7. The third kappa shape index (κ3) is 4.40. The molecule has 1 N–H and O–H groups in total. The zero-order valence-electron chi connectivity index (χ0n) is 11.8. The van der Waals surface area contributed by atoms with Gasteiger partial charge in [0.05, 0.1) is 16.8 Å². The van der Waals surface area contributed by atoms with Crippen molar-refractivity contribution in [2.75, 3.05) is 31.1 Å². The molecule has 1 aliphatic rings. The number of sulfonamides is 1. The topological polar surface area (TPSA) is 83.6 Å². The number of hydrogen-bond acceptors (Lipinski definition) is 5. The lowest BCUT2D eigenvalue weighted by Crippen LogP contribution is -2.53. The summed E-state index contributed by atoms with van der Waals surface area (Å²) in [5.41, 5.74) is 0. The van der Waals surface area contributed by atoms with Crippen LogP contribution in [0.5, 0.6) is 0 Å². The van der Waals surface area contributed by atoms with Crippen LogP contribution in [0.25, 0.3) is 0 Å². The highest BCUT2D eigenvalue weighted by atomic mass is 32.2. The summed E-state index contributed by atoms with van der Waals surface area (Å²) in [5, 5.41) is 2.55.